The lowest BCUT2D eigenvalue weighted by molar-refractivity contribution is -0.122. The van der Waals surface area contributed by atoms with Crippen molar-refractivity contribution in [3.8, 4) is 0 Å². The molecule has 0 aliphatic heterocycles. The van der Waals surface area contributed by atoms with Crippen molar-refractivity contribution in [1.29, 1.82) is 0 Å². The van der Waals surface area contributed by atoms with Crippen molar-refractivity contribution < 1.29 is 14.7 Å². The number of aliphatic hydroxyl groups is 1. The van der Waals surface area contributed by atoms with Gasteiger partial charge in [-0.1, -0.05) is 32.0 Å². The summed E-state index contributed by atoms with van der Waals surface area (Å²) in [7, 11) is 0. The Labute approximate surface area is 131 Å². The molecule has 5 N–H and O–H groups in total. The predicted octanol–water partition coefficient (Wildman–Crippen LogP) is 0.881. The first-order valence-electron chi connectivity index (χ1n) is 7.34. The first-order valence-corrected chi connectivity index (χ1v) is 7.34. The molecule has 2 amide bonds. The second-order valence-corrected chi connectivity index (χ2v) is 5.74. The van der Waals surface area contributed by atoms with Crippen LogP contribution in [0.25, 0.3) is 0 Å². The van der Waals surface area contributed by atoms with Crippen molar-refractivity contribution in [1.82, 2.24) is 5.32 Å². The number of benzene rings is 1. The van der Waals surface area contributed by atoms with Gasteiger partial charge in [0.15, 0.2) is 0 Å². The number of amides is 2. The summed E-state index contributed by atoms with van der Waals surface area (Å²) < 4.78 is 0. The molecule has 6 nitrogen and oxygen atoms in total. The first kappa shape index (κ1) is 18.1. The van der Waals surface area contributed by atoms with E-state index in [4.69, 9.17) is 5.73 Å². The second kappa shape index (κ2) is 7.91. The Balaban J connectivity index is 2.76. The summed E-state index contributed by atoms with van der Waals surface area (Å²) in [6.07, 6.45) is -0.963. The molecule has 1 aromatic carbocycles. The van der Waals surface area contributed by atoms with Crippen LogP contribution in [-0.4, -0.2) is 35.6 Å². The highest BCUT2D eigenvalue weighted by molar-refractivity contribution is 5.94. The maximum Gasteiger partial charge on any atom is 0.238 e. The van der Waals surface area contributed by atoms with E-state index in [1.165, 1.54) is 6.92 Å². The van der Waals surface area contributed by atoms with Gasteiger partial charge in [-0.2, -0.15) is 0 Å². The summed E-state index contributed by atoms with van der Waals surface area (Å²) in [6, 6.07) is 4.90. The molecular weight excluding hydrogens is 282 g/mol. The second-order valence-electron chi connectivity index (χ2n) is 5.74. The van der Waals surface area contributed by atoms with Crippen molar-refractivity contribution in [2.45, 2.75) is 45.8 Å². The van der Waals surface area contributed by atoms with Gasteiger partial charge in [0.1, 0.15) is 6.04 Å². The van der Waals surface area contributed by atoms with Gasteiger partial charge in [-0.3, -0.25) is 14.9 Å². The van der Waals surface area contributed by atoms with Gasteiger partial charge in [0.25, 0.3) is 0 Å². The lowest BCUT2D eigenvalue weighted by atomic mass is 9.98. The number of aliphatic hydroxyl groups excluding tert-OH is 1. The molecule has 0 bridgehead atoms. The van der Waals surface area contributed by atoms with E-state index in [1.807, 2.05) is 25.1 Å². The van der Waals surface area contributed by atoms with E-state index in [-0.39, 0.29) is 18.4 Å². The Kier molecular flexibility index (Phi) is 6.52. The van der Waals surface area contributed by atoms with Crippen molar-refractivity contribution in [2.24, 2.45) is 5.73 Å². The molecule has 0 aliphatic rings. The summed E-state index contributed by atoms with van der Waals surface area (Å²) in [6.45, 7) is 7.37. The molecule has 0 saturated heterocycles. The van der Waals surface area contributed by atoms with Gasteiger partial charge in [-0.15, -0.1) is 0 Å². The van der Waals surface area contributed by atoms with E-state index in [0.29, 0.717) is 0 Å². The molecule has 0 unspecified atom stereocenters. The van der Waals surface area contributed by atoms with Crippen LogP contribution in [0.1, 0.15) is 37.8 Å². The zero-order valence-corrected chi connectivity index (χ0v) is 13.5. The number of hydrogen-bond donors (Lipinski definition) is 4. The first-order chi connectivity index (χ1) is 10.2. The van der Waals surface area contributed by atoms with Crippen LogP contribution in [0.4, 0.5) is 5.69 Å². The summed E-state index contributed by atoms with van der Waals surface area (Å²) in [5.41, 5.74) is 7.98. The highest BCUT2D eigenvalue weighted by Crippen LogP contribution is 2.27. The number of nitrogens with one attached hydrogen (secondary N) is 2. The van der Waals surface area contributed by atoms with Crippen LogP contribution in [0, 0.1) is 6.92 Å². The van der Waals surface area contributed by atoms with Gasteiger partial charge in [-0.25, -0.2) is 0 Å². The summed E-state index contributed by atoms with van der Waals surface area (Å²) in [5, 5.41) is 15.0. The fourth-order valence-electron chi connectivity index (χ4n) is 2.24. The van der Waals surface area contributed by atoms with Crippen LogP contribution < -0.4 is 16.4 Å². The SMILES string of the molecule is Cc1cccc(C(C)C)c1NC(=O)CN[C@H](C(N)=O)[C@@H](C)O. The smallest absolute Gasteiger partial charge is 0.238 e. The summed E-state index contributed by atoms with van der Waals surface area (Å²) >= 11 is 0. The molecule has 0 radical (unpaired) electrons. The molecule has 0 saturated carbocycles. The fraction of sp³-hybridized carbons (Fsp3) is 0.500. The van der Waals surface area contributed by atoms with Crippen LogP contribution in [0.2, 0.25) is 0 Å². The van der Waals surface area contributed by atoms with E-state index in [0.717, 1.165) is 16.8 Å². The third-order valence-corrected chi connectivity index (χ3v) is 3.46. The van der Waals surface area contributed by atoms with Crippen LogP contribution in [0.15, 0.2) is 18.2 Å². The topological polar surface area (TPSA) is 104 Å². The monoisotopic (exact) mass is 307 g/mol. The highest BCUT2D eigenvalue weighted by Gasteiger charge is 2.21. The van der Waals surface area contributed by atoms with Crippen LogP contribution in [-0.2, 0) is 9.59 Å². The van der Waals surface area contributed by atoms with E-state index in [1.54, 1.807) is 0 Å². The molecule has 0 fully saturated rings. The maximum absolute atomic E-state index is 12.1. The Morgan fingerprint density at radius 2 is 1.91 bits per heavy atom. The average Bonchev–Trinajstić information content (AvgIpc) is 2.40. The zero-order valence-electron chi connectivity index (χ0n) is 13.5. The largest absolute Gasteiger partial charge is 0.391 e. The van der Waals surface area contributed by atoms with E-state index < -0.39 is 18.1 Å². The van der Waals surface area contributed by atoms with Crippen LogP contribution in [0.3, 0.4) is 0 Å². The van der Waals surface area contributed by atoms with Gasteiger partial charge in [0.2, 0.25) is 11.8 Å². The molecule has 1 aromatic rings. The Hall–Kier alpha value is -1.92. The highest BCUT2D eigenvalue weighted by atomic mass is 16.3. The lowest BCUT2D eigenvalue weighted by Gasteiger charge is -2.19. The Bertz CT molecular complexity index is 541. The molecular formula is C16H25N3O3. The van der Waals surface area contributed by atoms with Crippen molar-refractivity contribution in [3.63, 3.8) is 0 Å². The minimum absolute atomic E-state index is 0.107. The van der Waals surface area contributed by atoms with Crippen molar-refractivity contribution in [3.05, 3.63) is 29.3 Å². The lowest BCUT2D eigenvalue weighted by Crippen LogP contribution is -2.50. The van der Waals surface area contributed by atoms with E-state index >= 15 is 0 Å². The number of nitrogens with two attached hydrogens (primary N) is 1. The molecule has 1 rings (SSSR count). The number of primary amides is 1. The molecule has 2 atom stereocenters. The molecule has 0 spiro atoms. The number of carbonyl (C=O) groups is 2. The third-order valence-electron chi connectivity index (χ3n) is 3.46. The van der Waals surface area contributed by atoms with Gasteiger partial charge in [-0.05, 0) is 30.9 Å². The average molecular weight is 307 g/mol. The standard InChI is InChI=1S/C16H25N3O3/c1-9(2)12-7-5-6-10(3)14(12)19-13(21)8-18-15(11(4)20)16(17)22/h5-7,9,11,15,18,20H,8H2,1-4H3,(H2,17,22)(H,19,21)/t11-,15+/m1/s1. The quantitative estimate of drug-likeness (QED) is 0.600. The number of carbonyl (C=O) groups excluding carboxylic acids is 2. The summed E-state index contributed by atoms with van der Waals surface area (Å²) in [5.74, 6) is -0.705. The predicted molar refractivity (Wildman–Crippen MR) is 86.6 cm³/mol. The van der Waals surface area contributed by atoms with Crippen molar-refractivity contribution >= 4 is 17.5 Å². The van der Waals surface area contributed by atoms with E-state index in [2.05, 4.69) is 24.5 Å². The number of aryl methyl sites for hydroxylation is 1. The number of rotatable bonds is 7. The Morgan fingerprint density at radius 1 is 1.27 bits per heavy atom. The maximum atomic E-state index is 12.1. The molecule has 0 aromatic heterocycles. The number of para-hydroxylation sites is 1. The number of hydrogen-bond acceptors (Lipinski definition) is 4. The summed E-state index contributed by atoms with van der Waals surface area (Å²) in [4.78, 5) is 23.3. The molecule has 6 heteroatoms. The fourth-order valence-corrected chi connectivity index (χ4v) is 2.24. The van der Waals surface area contributed by atoms with Crippen LogP contribution >= 0.6 is 0 Å². The number of anilines is 1. The van der Waals surface area contributed by atoms with Gasteiger partial charge >= 0.3 is 0 Å². The van der Waals surface area contributed by atoms with E-state index in [9.17, 15) is 14.7 Å². The molecule has 0 heterocycles. The zero-order chi connectivity index (χ0) is 16.9. The normalized spacial score (nSPS) is 13.7. The van der Waals surface area contributed by atoms with Crippen LogP contribution in [0.5, 0.6) is 0 Å². The Morgan fingerprint density at radius 3 is 2.41 bits per heavy atom. The third kappa shape index (κ3) is 4.82. The van der Waals surface area contributed by atoms with Crippen molar-refractivity contribution in [2.75, 3.05) is 11.9 Å². The molecule has 0 aliphatic carbocycles. The minimum atomic E-state index is -0.963. The molecule has 22 heavy (non-hydrogen) atoms. The van der Waals surface area contributed by atoms with Gasteiger partial charge < -0.3 is 16.2 Å². The van der Waals surface area contributed by atoms with Gasteiger partial charge in [0, 0.05) is 5.69 Å². The molecule has 122 valence electrons. The minimum Gasteiger partial charge on any atom is -0.391 e. The van der Waals surface area contributed by atoms with Gasteiger partial charge in [0.05, 0.1) is 12.6 Å².